The fraction of sp³-hybridized carbons (Fsp3) is 0.125. The van der Waals surface area contributed by atoms with Crippen molar-refractivity contribution < 1.29 is 34.9 Å². The highest BCUT2D eigenvalue weighted by atomic mass is 35.5. The van der Waals surface area contributed by atoms with Crippen molar-refractivity contribution >= 4 is 33.0 Å². The van der Waals surface area contributed by atoms with Gasteiger partial charge in [0.25, 0.3) is 0 Å². The molecule has 13 heteroatoms. The Morgan fingerprint density at radius 2 is 1.69 bits per heavy atom. The van der Waals surface area contributed by atoms with Crippen LogP contribution in [0.3, 0.4) is 0 Å². The fourth-order valence-corrected chi connectivity index (χ4v) is 4.20. The van der Waals surface area contributed by atoms with E-state index in [0.29, 0.717) is 12.1 Å². The van der Waals surface area contributed by atoms with Crippen LogP contribution in [-0.2, 0) is 21.4 Å². The minimum atomic E-state index is -4.70. The van der Waals surface area contributed by atoms with Crippen LogP contribution in [0, 0.1) is 0 Å². The van der Waals surface area contributed by atoms with Gasteiger partial charge in [-0.25, -0.2) is 8.42 Å². The van der Waals surface area contributed by atoms with Crippen LogP contribution in [-0.4, -0.2) is 18.6 Å². The van der Waals surface area contributed by atoms with Gasteiger partial charge in [-0.2, -0.15) is 26.9 Å². The summed E-state index contributed by atoms with van der Waals surface area (Å²) in [4.78, 5) is 2.46. The highest BCUT2D eigenvalue weighted by Crippen LogP contribution is 2.36. The molecule has 1 heterocycles. The Bertz CT molecular complexity index is 1170. The number of aromatic nitrogens is 2. The van der Waals surface area contributed by atoms with Crippen molar-refractivity contribution in [1.29, 1.82) is 0 Å². The van der Waals surface area contributed by atoms with Gasteiger partial charge < -0.3 is 4.52 Å². The zero-order chi connectivity index (χ0) is 21.6. The topological polar surface area (TPSA) is 73.1 Å². The van der Waals surface area contributed by atoms with Crippen LogP contribution >= 0.6 is 23.2 Å². The Labute approximate surface area is 170 Å². The van der Waals surface area contributed by atoms with Gasteiger partial charge in [0, 0.05) is 5.56 Å². The third-order valence-corrected chi connectivity index (χ3v) is 6.02. The van der Waals surface area contributed by atoms with E-state index >= 15 is 0 Å². The number of hydrogen-bond acceptors (Lipinski definition) is 5. The second-order valence-corrected chi connectivity index (χ2v) is 8.40. The highest BCUT2D eigenvalue weighted by molar-refractivity contribution is 7.91. The highest BCUT2D eigenvalue weighted by Gasteiger charge is 2.36. The molecule has 0 radical (unpaired) electrons. The van der Waals surface area contributed by atoms with Gasteiger partial charge in [0.05, 0.1) is 20.4 Å². The van der Waals surface area contributed by atoms with Gasteiger partial charge >= 0.3 is 17.4 Å². The summed E-state index contributed by atoms with van der Waals surface area (Å²) in [5.74, 6) is -1.55. The first-order valence-corrected chi connectivity index (χ1v) is 9.67. The standard InChI is InChI=1S/C16H7Cl2F5N2O3S/c17-11-7-9(16(21,22)23)4-5-12(11)29(26,27)10-3-1-2-8(6-10)13-24-14(28-25-13)15(18,19)20/h1-7H. The molecule has 3 rings (SSSR count). The lowest BCUT2D eigenvalue weighted by molar-refractivity contribution is -0.137. The maximum Gasteiger partial charge on any atom is 0.416 e. The van der Waals surface area contributed by atoms with Crippen molar-refractivity contribution in [3.63, 3.8) is 0 Å². The minimum Gasteiger partial charge on any atom is -0.331 e. The summed E-state index contributed by atoms with van der Waals surface area (Å²) in [6.45, 7) is 0. The second kappa shape index (κ2) is 7.22. The van der Waals surface area contributed by atoms with E-state index in [1.165, 1.54) is 12.1 Å². The molecule has 2 aromatic carbocycles. The lowest BCUT2D eigenvalue weighted by atomic mass is 10.2. The van der Waals surface area contributed by atoms with E-state index in [9.17, 15) is 30.4 Å². The summed E-state index contributed by atoms with van der Waals surface area (Å²) in [5, 5.41) is -1.24. The van der Waals surface area contributed by atoms with Crippen LogP contribution in [0.1, 0.15) is 11.5 Å². The van der Waals surface area contributed by atoms with Crippen molar-refractivity contribution in [1.82, 2.24) is 10.1 Å². The molecule has 0 aliphatic carbocycles. The molecule has 0 aliphatic rings. The number of halogens is 7. The summed E-state index contributed by atoms with van der Waals surface area (Å²) < 4.78 is 94.2. The van der Waals surface area contributed by atoms with Crippen molar-refractivity contribution in [3.05, 3.63) is 58.9 Å². The summed E-state index contributed by atoms with van der Waals surface area (Å²) >= 11 is 10.5. The molecule has 0 spiro atoms. The van der Waals surface area contributed by atoms with Gasteiger partial charge in [0.15, 0.2) is 0 Å². The van der Waals surface area contributed by atoms with Crippen molar-refractivity contribution in [2.45, 2.75) is 21.3 Å². The number of alkyl halides is 6. The number of hydrogen-bond donors (Lipinski definition) is 0. The van der Waals surface area contributed by atoms with E-state index in [4.69, 9.17) is 23.2 Å². The maximum absolute atomic E-state index is 13.0. The van der Waals surface area contributed by atoms with Crippen LogP contribution in [0.4, 0.5) is 22.0 Å². The van der Waals surface area contributed by atoms with E-state index in [1.807, 2.05) is 0 Å². The quantitative estimate of drug-likeness (QED) is 0.368. The van der Waals surface area contributed by atoms with Crippen LogP contribution in [0.2, 0.25) is 5.02 Å². The molecule has 154 valence electrons. The van der Waals surface area contributed by atoms with Gasteiger partial charge in [0.1, 0.15) is 0 Å². The molecule has 0 saturated carbocycles. The Kier molecular flexibility index (Phi) is 5.35. The smallest absolute Gasteiger partial charge is 0.331 e. The second-order valence-electron chi connectivity index (χ2n) is 5.60. The maximum atomic E-state index is 13.0. The summed E-state index contributed by atoms with van der Waals surface area (Å²) in [6, 6.07) is 6.55. The molecular weight excluding hydrogens is 466 g/mol. The molecule has 0 fully saturated rings. The average Bonchev–Trinajstić information content (AvgIpc) is 3.11. The zero-order valence-electron chi connectivity index (χ0n) is 13.7. The Hall–Kier alpha value is -2.24. The van der Waals surface area contributed by atoms with E-state index in [1.54, 1.807) is 0 Å². The first kappa shape index (κ1) is 21.5. The SMILES string of the molecule is O=S(=O)(c1cccc(-c2noc(C(F)(F)Cl)n2)c1)c1ccc(C(F)(F)F)cc1Cl. The van der Waals surface area contributed by atoms with Gasteiger partial charge in [-0.15, -0.1) is 0 Å². The van der Waals surface area contributed by atoms with E-state index in [2.05, 4.69) is 14.7 Å². The summed E-state index contributed by atoms with van der Waals surface area (Å²) in [5.41, 5.74) is -1.12. The Morgan fingerprint density at radius 3 is 2.24 bits per heavy atom. The van der Waals surface area contributed by atoms with Crippen LogP contribution in [0.5, 0.6) is 0 Å². The van der Waals surface area contributed by atoms with Crippen LogP contribution in [0.15, 0.2) is 56.8 Å². The molecule has 3 aromatic rings. The predicted octanol–water partition coefficient (Wildman–Crippen LogP) is 5.53. The number of benzene rings is 2. The number of rotatable bonds is 4. The minimum absolute atomic E-state index is 0.00924. The monoisotopic (exact) mass is 472 g/mol. The molecular formula is C16H7Cl2F5N2O3S. The van der Waals surface area contributed by atoms with Crippen LogP contribution < -0.4 is 0 Å². The third-order valence-electron chi connectivity index (χ3n) is 3.62. The van der Waals surface area contributed by atoms with E-state index in [-0.39, 0.29) is 16.3 Å². The fourth-order valence-electron chi connectivity index (χ4n) is 2.28. The van der Waals surface area contributed by atoms with Crippen molar-refractivity contribution in [3.8, 4) is 11.4 Å². The third kappa shape index (κ3) is 4.36. The number of sulfone groups is 1. The van der Waals surface area contributed by atoms with Crippen molar-refractivity contribution in [2.75, 3.05) is 0 Å². The molecule has 0 saturated heterocycles. The predicted molar refractivity (Wildman–Crippen MR) is 91.4 cm³/mol. The largest absolute Gasteiger partial charge is 0.416 e. The molecule has 0 atom stereocenters. The molecule has 0 N–H and O–H groups in total. The lowest BCUT2D eigenvalue weighted by Gasteiger charge is -2.11. The normalized spacial score (nSPS) is 12.9. The Balaban J connectivity index is 2.03. The van der Waals surface area contributed by atoms with E-state index in [0.717, 1.165) is 18.2 Å². The molecule has 0 amide bonds. The molecule has 5 nitrogen and oxygen atoms in total. The molecule has 29 heavy (non-hydrogen) atoms. The molecule has 0 unspecified atom stereocenters. The van der Waals surface area contributed by atoms with Crippen LogP contribution in [0.25, 0.3) is 11.4 Å². The number of nitrogens with zero attached hydrogens (tertiary/aromatic N) is 2. The summed E-state index contributed by atoms with van der Waals surface area (Å²) in [6.07, 6.45) is -4.70. The molecule has 0 aliphatic heterocycles. The average molecular weight is 473 g/mol. The molecule has 1 aromatic heterocycles. The van der Waals surface area contributed by atoms with E-state index < -0.39 is 42.8 Å². The first-order chi connectivity index (χ1) is 13.3. The van der Waals surface area contributed by atoms with Gasteiger partial charge in [-0.05, 0) is 41.9 Å². The first-order valence-electron chi connectivity index (χ1n) is 7.43. The van der Waals surface area contributed by atoms with Gasteiger partial charge in [0.2, 0.25) is 15.7 Å². The van der Waals surface area contributed by atoms with Gasteiger partial charge in [-0.1, -0.05) is 28.9 Å². The molecule has 0 bridgehead atoms. The van der Waals surface area contributed by atoms with Crippen molar-refractivity contribution in [2.24, 2.45) is 0 Å². The zero-order valence-corrected chi connectivity index (χ0v) is 16.0. The summed E-state index contributed by atoms with van der Waals surface area (Å²) in [7, 11) is -4.34. The lowest BCUT2D eigenvalue weighted by Crippen LogP contribution is -2.08. The van der Waals surface area contributed by atoms with Gasteiger partial charge in [-0.3, -0.25) is 0 Å². The Morgan fingerprint density at radius 1 is 1.00 bits per heavy atom.